The second-order valence-electron chi connectivity index (χ2n) is 7.81. The molecule has 2 heterocycles. The van der Waals surface area contributed by atoms with E-state index in [0.717, 1.165) is 13.1 Å². The average molecular weight is 415 g/mol. The molecule has 28 heavy (non-hydrogen) atoms. The van der Waals surface area contributed by atoms with Gasteiger partial charge in [0.05, 0.1) is 0 Å². The van der Waals surface area contributed by atoms with Crippen molar-refractivity contribution in [2.75, 3.05) is 26.7 Å². The van der Waals surface area contributed by atoms with Gasteiger partial charge in [0.1, 0.15) is 0 Å². The van der Waals surface area contributed by atoms with Gasteiger partial charge in [-0.2, -0.15) is 0 Å². The van der Waals surface area contributed by atoms with Gasteiger partial charge in [0.2, 0.25) is 0 Å². The Balaban J connectivity index is 0.00000225. The highest BCUT2D eigenvalue weighted by atomic mass is 35.5. The van der Waals surface area contributed by atoms with Gasteiger partial charge in [-0.05, 0) is 73.9 Å². The third kappa shape index (κ3) is 5.15. The molecule has 4 heteroatoms. The van der Waals surface area contributed by atoms with E-state index in [1.54, 1.807) is 5.56 Å². The molecule has 3 aromatic rings. The van der Waals surface area contributed by atoms with Crippen molar-refractivity contribution in [3.8, 4) is 0 Å². The van der Waals surface area contributed by atoms with Crippen LogP contribution in [0.1, 0.15) is 42.9 Å². The van der Waals surface area contributed by atoms with Gasteiger partial charge >= 0.3 is 0 Å². The topological polar surface area (TPSA) is 6.48 Å². The van der Waals surface area contributed by atoms with Crippen LogP contribution in [-0.2, 0) is 6.54 Å². The number of hydrogen-bond donors (Lipinski definition) is 0. The summed E-state index contributed by atoms with van der Waals surface area (Å²) in [5.41, 5.74) is 2.95. The Morgan fingerprint density at radius 2 is 1.68 bits per heavy atom. The van der Waals surface area contributed by atoms with Gasteiger partial charge < -0.3 is 4.90 Å². The normalized spacial score (nSPS) is 16.2. The first-order valence-corrected chi connectivity index (χ1v) is 11.1. The van der Waals surface area contributed by atoms with Crippen molar-refractivity contribution in [1.82, 2.24) is 9.80 Å². The van der Waals surface area contributed by atoms with Crippen LogP contribution in [0.15, 0.2) is 60.0 Å². The highest BCUT2D eigenvalue weighted by Gasteiger charge is 2.24. The lowest BCUT2D eigenvalue weighted by molar-refractivity contribution is 0.144. The lowest BCUT2D eigenvalue weighted by Crippen LogP contribution is -2.35. The zero-order valence-corrected chi connectivity index (χ0v) is 18.4. The first kappa shape index (κ1) is 21.3. The molecule has 1 fully saturated rings. The predicted octanol–water partition coefficient (Wildman–Crippen LogP) is 6.37. The summed E-state index contributed by atoms with van der Waals surface area (Å²) in [5, 5.41) is 3.88. The zero-order valence-electron chi connectivity index (χ0n) is 16.7. The van der Waals surface area contributed by atoms with Gasteiger partial charge in [0.15, 0.2) is 0 Å². The Kier molecular flexibility index (Phi) is 7.92. The van der Waals surface area contributed by atoms with Crippen molar-refractivity contribution in [3.05, 3.63) is 71.1 Å². The van der Waals surface area contributed by atoms with Crippen LogP contribution < -0.4 is 0 Å². The fourth-order valence-electron chi connectivity index (χ4n) is 4.34. The molecule has 1 atom stereocenters. The van der Waals surface area contributed by atoms with E-state index in [0.29, 0.717) is 6.04 Å². The summed E-state index contributed by atoms with van der Waals surface area (Å²) < 4.78 is 1.42. The van der Waals surface area contributed by atoms with E-state index in [1.807, 2.05) is 11.3 Å². The van der Waals surface area contributed by atoms with Crippen LogP contribution in [0.5, 0.6) is 0 Å². The smallest absolute Gasteiger partial charge is 0.0374 e. The maximum atomic E-state index is 2.74. The fourth-order valence-corrected chi connectivity index (χ4v) is 5.35. The highest BCUT2D eigenvalue weighted by Crippen LogP contribution is 2.36. The van der Waals surface area contributed by atoms with Crippen LogP contribution in [0.25, 0.3) is 10.1 Å². The van der Waals surface area contributed by atoms with Gasteiger partial charge in [-0.3, -0.25) is 4.90 Å². The minimum Gasteiger partial charge on any atom is -0.302 e. The number of hydrogen-bond acceptors (Lipinski definition) is 3. The molecular weight excluding hydrogens is 384 g/mol. The molecule has 4 rings (SSSR count). The van der Waals surface area contributed by atoms with E-state index < -0.39 is 0 Å². The van der Waals surface area contributed by atoms with Gasteiger partial charge in [0.25, 0.3) is 0 Å². The Hall–Kier alpha value is -1.39. The van der Waals surface area contributed by atoms with Crippen molar-refractivity contribution < 1.29 is 0 Å². The molecule has 0 amide bonds. The Morgan fingerprint density at radius 1 is 0.964 bits per heavy atom. The van der Waals surface area contributed by atoms with Crippen LogP contribution in [0.2, 0.25) is 0 Å². The largest absolute Gasteiger partial charge is 0.302 e. The maximum absolute atomic E-state index is 2.74. The number of benzene rings is 2. The zero-order chi connectivity index (χ0) is 18.5. The van der Waals surface area contributed by atoms with Crippen LogP contribution in [0.4, 0.5) is 0 Å². The molecule has 0 saturated carbocycles. The van der Waals surface area contributed by atoms with E-state index >= 15 is 0 Å². The molecule has 1 saturated heterocycles. The van der Waals surface area contributed by atoms with Gasteiger partial charge in [-0.25, -0.2) is 0 Å². The molecule has 0 aliphatic carbocycles. The molecule has 2 aromatic carbocycles. The average Bonchev–Trinajstić information content (AvgIpc) is 3.14. The van der Waals surface area contributed by atoms with Crippen molar-refractivity contribution in [1.29, 1.82) is 0 Å². The van der Waals surface area contributed by atoms with Crippen LogP contribution in [-0.4, -0.2) is 36.5 Å². The molecule has 150 valence electrons. The first-order valence-electron chi connectivity index (χ1n) is 10.2. The summed E-state index contributed by atoms with van der Waals surface area (Å²) in [6, 6.07) is 20.3. The maximum Gasteiger partial charge on any atom is 0.0374 e. The van der Waals surface area contributed by atoms with E-state index in [9.17, 15) is 0 Å². The Labute approximate surface area is 179 Å². The van der Waals surface area contributed by atoms with E-state index in [1.165, 1.54) is 54.4 Å². The lowest BCUT2D eigenvalue weighted by atomic mass is 9.98. The predicted molar refractivity (Wildman–Crippen MR) is 125 cm³/mol. The Morgan fingerprint density at radius 3 is 2.46 bits per heavy atom. The van der Waals surface area contributed by atoms with Crippen LogP contribution >= 0.6 is 23.7 Å². The molecular formula is C24H31ClN2S. The van der Waals surface area contributed by atoms with Gasteiger partial charge in [-0.15, -0.1) is 23.7 Å². The number of nitrogens with zero attached hydrogens (tertiary/aromatic N) is 2. The molecule has 0 bridgehead atoms. The van der Waals surface area contributed by atoms with Crippen LogP contribution in [0, 0.1) is 0 Å². The molecule has 0 spiro atoms. The van der Waals surface area contributed by atoms with Crippen molar-refractivity contribution in [3.63, 3.8) is 0 Å². The molecule has 2 nitrogen and oxygen atoms in total. The van der Waals surface area contributed by atoms with Crippen molar-refractivity contribution in [2.24, 2.45) is 0 Å². The number of fused-ring (bicyclic) bond motifs is 1. The number of rotatable bonds is 7. The summed E-state index contributed by atoms with van der Waals surface area (Å²) >= 11 is 1.90. The highest BCUT2D eigenvalue weighted by molar-refractivity contribution is 7.17. The molecule has 1 aromatic heterocycles. The molecule has 1 aliphatic rings. The monoisotopic (exact) mass is 414 g/mol. The van der Waals surface area contributed by atoms with Crippen LogP contribution in [0.3, 0.4) is 0 Å². The second-order valence-corrected chi connectivity index (χ2v) is 8.72. The molecule has 0 radical (unpaired) electrons. The molecule has 1 unspecified atom stereocenters. The molecule has 1 aliphatic heterocycles. The Bertz CT molecular complexity index is 842. The first-order chi connectivity index (χ1) is 13.3. The standard InChI is InChI=1S/C24H30N2S.ClH/c1-25(18-20-10-4-2-5-11-20)17-14-23(26-15-8-3-9-16-26)22-19-27-24-13-7-6-12-21(22)24;/h2,4-7,10-13,19,23H,3,8-9,14-18H2,1H3;1H. The number of halogens is 1. The summed E-state index contributed by atoms with van der Waals surface area (Å²) in [6.45, 7) is 4.65. The van der Waals surface area contributed by atoms with Crippen molar-refractivity contribution in [2.45, 2.75) is 38.3 Å². The van der Waals surface area contributed by atoms with Gasteiger partial charge in [0, 0.05) is 17.3 Å². The summed E-state index contributed by atoms with van der Waals surface area (Å²) in [4.78, 5) is 5.22. The summed E-state index contributed by atoms with van der Waals surface area (Å²) in [5.74, 6) is 0. The third-order valence-corrected chi connectivity index (χ3v) is 6.76. The number of piperidine rings is 1. The molecule has 0 N–H and O–H groups in total. The lowest BCUT2D eigenvalue weighted by Gasteiger charge is -2.35. The summed E-state index contributed by atoms with van der Waals surface area (Å²) in [7, 11) is 2.26. The fraction of sp³-hybridized carbons (Fsp3) is 0.417. The minimum atomic E-state index is 0. The SMILES string of the molecule is CN(CCC(c1csc2ccccc12)N1CCCCC1)Cc1ccccc1.Cl. The quantitative estimate of drug-likeness (QED) is 0.443. The number of likely N-dealkylation sites (tertiary alicyclic amines) is 1. The van der Waals surface area contributed by atoms with E-state index in [4.69, 9.17) is 0 Å². The van der Waals surface area contributed by atoms with E-state index in [-0.39, 0.29) is 12.4 Å². The third-order valence-electron chi connectivity index (χ3n) is 5.78. The van der Waals surface area contributed by atoms with E-state index in [2.05, 4.69) is 76.8 Å². The summed E-state index contributed by atoms with van der Waals surface area (Å²) in [6.07, 6.45) is 5.28. The number of thiophene rings is 1. The van der Waals surface area contributed by atoms with Gasteiger partial charge in [-0.1, -0.05) is 55.0 Å². The minimum absolute atomic E-state index is 0. The second kappa shape index (κ2) is 10.4. The van der Waals surface area contributed by atoms with Crippen molar-refractivity contribution >= 4 is 33.8 Å².